The molecule has 0 fully saturated rings. The van der Waals surface area contributed by atoms with Crippen molar-refractivity contribution in [2.24, 2.45) is 5.84 Å². The SMILES string of the molecule is CC(C)c1nc(NN)cc(Sc2ccc3c(c2)CCC3)n1. The van der Waals surface area contributed by atoms with Crippen molar-refractivity contribution in [3.05, 3.63) is 41.2 Å². The van der Waals surface area contributed by atoms with E-state index in [-0.39, 0.29) is 5.92 Å². The summed E-state index contributed by atoms with van der Waals surface area (Å²) in [5, 5.41) is 0.930. The van der Waals surface area contributed by atoms with Crippen molar-refractivity contribution < 1.29 is 0 Å². The van der Waals surface area contributed by atoms with Gasteiger partial charge in [-0.05, 0) is 42.5 Å². The molecule has 2 aromatic rings. The fourth-order valence-corrected chi connectivity index (χ4v) is 3.45. The maximum Gasteiger partial charge on any atom is 0.144 e. The van der Waals surface area contributed by atoms with E-state index in [0.717, 1.165) is 10.9 Å². The van der Waals surface area contributed by atoms with Crippen LogP contribution in [0.1, 0.15) is 43.1 Å². The van der Waals surface area contributed by atoms with Crippen molar-refractivity contribution in [2.75, 3.05) is 5.43 Å². The van der Waals surface area contributed by atoms with Crippen molar-refractivity contribution in [2.45, 2.75) is 48.9 Å². The second kappa shape index (κ2) is 6.03. The van der Waals surface area contributed by atoms with E-state index >= 15 is 0 Å². The summed E-state index contributed by atoms with van der Waals surface area (Å²) < 4.78 is 0. The highest BCUT2D eigenvalue weighted by atomic mass is 32.2. The van der Waals surface area contributed by atoms with Gasteiger partial charge in [-0.2, -0.15) is 0 Å². The summed E-state index contributed by atoms with van der Waals surface area (Å²) in [5.41, 5.74) is 5.60. The molecule has 3 N–H and O–H groups in total. The lowest BCUT2D eigenvalue weighted by atomic mass is 10.1. The van der Waals surface area contributed by atoms with E-state index in [2.05, 4.69) is 47.4 Å². The van der Waals surface area contributed by atoms with Crippen LogP contribution >= 0.6 is 11.8 Å². The molecule has 0 radical (unpaired) electrons. The Morgan fingerprint density at radius 1 is 1.14 bits per heavy atom. The molecular weight excluding hydrogens is 280 g/mol. The van der Waals surface area contributed by atoms with Crippen molar-refractivity contribution >= 4 is 17.6 Å². The summed E-state index contributed by atoms with van der Waals surface area (Å²) in [7, 11) is 0. The first kappa shape index (κ1) is 14.4. The van der Waals surface area contributed by atoms with Gasteiger partial charge >= 0.3 is 0 Å². The number of nitrogens with one attached hydrogen (secondary N) is 1. The van der Waals surface area contributed by atoms with Gasteiger partial charge in [0.1, 0.15) is 16.7 Å². The second-order valence-corrected chi connectivity index (χ2v) is 6.73. The third-order valence-electron chi connectivity index (χ3n) is 3.68. The number of rotatable bonds is 4. The Kier molecular flexibility index (Phi) is 4.12. The predicted octanol–water partition coefficient (Wildman–Crippen LogP) is 3.53. The van der Waals surface area contributed by atoms with E-state index in [9.17, 15) is 0 Å². The number of benzene rings is 1. The number of nitrogen functional groups attached to an aromatic ring is 1. The third-order valence-corrected chi connectivity index (χ3v) is 4.58. The van der Waals surface area contributed by atoms with Crippen LogP contribution in [0.15, 0.2) is 34.2 Å². The predicted molar refractivity (Wildman–Crippen MR) is 86.5 cm³/mol. The summed E-state index contributed by atoms with van der Waals surface area (Å²) in [6.07, 6.45) is 3.68. The molecule has 0 spiro atoms. The number of aryl methyl sites for hydroxylation is 2. The van der Waals surface area contributed by atoms with Crippen LogP contribution in [-0.4, -0.2) is 9.97 Å². The van der Waals surface area contributed by atoms with Crippen molar-refractivity contribution in [3.63, 3.8) is 0 Å². The molecule has 1 heterocycles. The van der Waals surface area contributed by atoms with Crippen LogP contribution in [-0.2, 0) is 12.8 Å². The van der Waals surface area contributed by atoms with Gasteiger partial charge in [-0.25, -0.2) is 15.8 Å². The summed E-state index contributed by atoms with van der Waals surface area (Å²) in [6, 6.07) is 8.61. The third kappa shape index (κ3) is 3.19. The first-order valence-corrected chi connectivity index (χ1v) is 8.12. The molecule has 3 rings (SSSR count). The lowest BCUT2D eigenvalue weighted by Crippen LogP contribution is -2.11. The Bertz CT molecular complexity index is 655. The fraction of sp³-hybridized carbons (Fsp3) is 0.375. The molecule has 4 nitrogen and oxygen atoms in total. The number of hydrogen-bond donors (Lipinski definition) is 2. The van der Waals surface area contributed by atoms with E-state index in [4.69, 9.17) is 5.84 Å². The number of aromatic nitrogens is 2. The second-order valence-electron chi connectivity index (χ2n) is 5.63. The highest BCUT2D eigenvalue weighted by molar-refractivity contribution is 7.99. The number of hydrazine groups is 1. The molecule has 0 amide bonds. The lowest BCUT2D eigenvalue weighted by Gasteiger charge is -2.10. The Balaban J connectivity index is 1.88. The van der Waals surface area contributed by atoms with Crippen LogP contribution in [0.2, 0.25) is 0 Å². The number of anilines is 1. The minimum absolute atomic E-state index is 0.276. The molecule has 1 aromatic heterocycles. The molecule has 0 bridgehead atoms. The minimum atomic E-state index is 0.276. The van der Waals surface area contributed by atoms with E-state index in [1.165, 1.54) is 35.3 Å². The first-order valence-electron chi connectivity index (χ1n) is 7.31. The maximum absolute atomic E-state index is 5.51. The standard InChI is InChI=1S/C16H20N4S/c1-10(2)16-18-14(20-17)9-15(19-16)21-13-7-6-11-4-3-5-12(11)8-13/h6-10H,3-5,17H2,1-2H3,(H,18,19,20). The molecule has 0 aliphatic heterocycles. The van der Waals surface area contributed by atoms with Crippen LogP contribution < -0.4 is 11.3 Å². The van der Waals surface area contributed by atoms with Crippen LogP contribution in [0.25, 0.3) is 0 Å². The zero-order valence-corrected chi connectivity index (χ0v) is 13.2. The van der Waals surface area contributed by atoms with Crippen LogP contribution in [0.5, 0.6) is 0 Å². The molecular formula is C16H20N4S. The minimum Gasteiger partial charge on any atom is -0.308 e. The van der Waals surface area contributed by atoms with Crippen molar-refractivity contribution in [1.29, 1.82) is 0 Å². The Hall–Kier alpha value is -1.59. The van der Waals surface area contributed by atoms with Gasteiger partial charge < -0.3 is 5.43 Å². The van der Waals surface area contributed by atoms with E-state index in [1.807, 2.05) is 6.07 Å². The van der Waals surface area contributed by atoms with Crippen molar-refractivity contribution in [3.8, 4) is 0 Å². The van der Waals surface area contributed by atoms with Gasteiger partial charge in [0.05, 0.1) is 0 Å². The molecule has 21 heavy (non-hydrogen) atoms. The average Bonchev–Trinajstić information content (AvgIpc) is 2.94. The molecule has 0 unspecified atom stereocenters. The lowest BCUT2D eigenvalue weighted by molar-refractivity contribution is 0.754. The Labute approximate surface area is 129 Å². The highest BCUT2D eigenvalue weighted by Crippen LogP contribution is 2.32. The monoisotopic (exact) mass is 300 g/mol. The van der Waals surface area contributed by atoms with Gasteiger partial charge in [-0.3, -0.25) is 0 Å². The topological polar surface area (TPSA) is 63.8 Å². The summed E-state index contributed by atoms with van der Waals surface area (Å²) >= 11 is 1.67. The summed E-state index contributed by atoms with van der Waals surface area (Å²) in [6.45, 7) is 4.17. The maximum atomic E-state index is 5.51. The average molecular weight is 300 g/mol. The Morgan fingerprint density at radius 3 is 2.71 bits per heavy atom. The molecule has 110 valence electrons. The van der Waals surface area contributed by atoms with Crippen LogP contribution in [0.3, 0.4) is 0 Å². The summed E-state index contributed by atoms with van der Waals surface area (Å²) in [4.78, 5) is 10.2. The van der Waals surface area contributed by atoms with Gasteiger partial charge in [0.15, 0.2) is 0 Å². The quantitative estimate of drug-likeness (QED) is 0.514. The smallest absolute Gasteiger partial charge is 0.144 e. The number of nitrogens with two attached hydrogens (primary N) is 1. The molecule has 1 aliphatic rings. The molecule has 1 aliphatic carbocycles. The molecule has 5 heteroatoms. The van der Waals surface area contributed by atoms with Crippen LogP contribution in [0.4, 0.5) is 5.82 Å². The zero-order chi connectivity index (χ0) is 14.8. The van der Waals surface area contributed by atoms with E-state index in [1.54, 1.807) is 11.8 Å². The van der Waals surface area contributed by atoms with Gasteiger partial charge in [-0.15, -0.1) is 0 Å². The van der Waals surface area contributed by atoms with E-state index < -0.39 is 0 Å². The van der Waals surface area contributed by atoms with Crippen molar-refractivity contribution in [1.82, 2.24) is 9.97 Å². The normalized spacial score (nSPS) is 13.5. The number of nitrogens with zero attached hydrogens (tertiary/aromatic N) is 2. The first-order chi connectivity index (χ1) is 10.2. The summed E-state index contributed by atoms with van der Waals surface area (Å²) in [5.74, 6) is 7.26. The highest BCUT2D eigenvalue weighted by Gasteiger charge is 2.13. The zero-order valence-electron chi connectivity index (χ0n) is 12.4. The number of fused-ring (bicyclic) bond motifs is 1. The molecule has 0 saturated carbocycles. The largest absolute Gasteiger partial charge is 0.308 e. The van der Waals surface area contributed by atoms with Crippen LogP contribution in [0, 0.1) is 0 Å². The van der Waals surface area contributed by atoms with E-state index in [0.29, 0.717) is 5.82 Å². The van der Waals surface area contributed by atoms with Gasteiger partial charge in [-0.1, -0.05) is 31.7 Å². The number of hydrogen-bond acceptors (Lipinski definition) is 5. The molecule has 0 saturated heterocycles. The molecule has 0 atom stereocenters. The Morgan fingerprint density at radius 2 is 1.95 bits per heavy atom. The fourth-order valence-electron chi connectivity index (χ4n) is 2.56. The van der Waals surface area contributed by atoms with Gasteiger partial charge in [0.2, 0.25) is 0 Å². The van der Waals surface area contributed by atoms with Gasteiger partial charge in [0, 0.05) is 16.9 Å². The molecule has 1 aromatic carbocycles. The van der Waals surface area contributed by atoms with Gasteiger partial charge in [0.25, 0.3) is 0 Å².